The van der Waals surface area contributed by atoms with Crippen molar-refractivity contribution < 1.29 is 13.2 Å². The zero-order chi connectivity index (χ0) is 7.78. The fourth-order valence-corrected chi connectivity index (χ4v) is 0.690. The molecule has 1 rings (SSSR count). The molecule has 0 saturated carbocycles. The van der Waals surface area contributed by atoms with Crippen molar-refractivity contribution in [1.29, 1.82) is 0 Å². The van der Waals surface area contributed by atoms with Gasteiger partial charge in [-0.25, -0.2) is 5.43 Å². The molecule has 0 aromatic heterocycles. The summed E-state index contributed by atoms with van der Waals surface area (Å²) in [5, 5.41) is 0. The van der Waals surface area contributed by atoms with Crippen molar-refractivity contribution in [2.45, 2.75) is 19.1 Å². The third-order valence-electron chi connectivity index (χ3n) is 1.16. The molecule has 1 aliphatic heterocycles. The maximum atomic E-state index is 11.8. The number of hydrazine groups is 1. The molecule has 2 N–H and O–H groups in total. The van der Waals surface area contributed by atoms with Gasteiger partial charge in [0.2, 0.25) is 0 Å². The van der Waals surface area contributed by atoms with Gasteiger partial charge in [0.15, 0.2) is 0 Å². The first-order chi connectivity index (χ1) is 4.50. The Labute approximate surface area is 56.1 Å². The van der Waals surface area contributed by atoms with Crippen LogP contribution in [0.4, 0.5) is 13.2 Å². The van der Waals surface area contributed by atoms with Gasteiger partial charge in [0.1, 0.15) is 5.70 Å². The molecule has 0 bridgehead atoms. The average molecular weight is 152 g/mol. The first-order valence-electron chi connectivity index (χ1n) is 2.80. The summed E-state index contributed by atoms with van der Waals surface area (Å²) in [6, 6.07) is -0.253. The lowest BCUT2D eigenvalue weighted by Gasteiger charge is -2.07. The molecule has 10 heavy (non-hydrogen) atoms. The van der Waals surface area contributed by atoms with Gasteiger partial charge in [0.05, 0.1) is 0 Å². The Kier molecular flexibility index (Phi) is 1.60. The minimum atomic E-state index is -4.25. The standard InChI is InChI=1S/C5H7F3N2/c1-3-2-4(10-9-3)5(6,7)8/h2-3,9-10H,1H3. The van der Waals surface area contributed by atoms with Gasteiger partial charge in [-0.3, -0.25) is 0 Å². The largest absolute Gasteiger partial charge is 0.431 e. The molecule has 2 nitrogen and oxygen atoms in total. The Hall–Kier alpha value is -0.710. The van der Waals surface area contributed by atoms with E-state index in [0.29, 0.717) is 0 Å². The molecule has 0 aliphatic carbocycles. The molecule has 1 unspecified atom stereocenters. The molecule has 58 valence electrons. The summed E-state index contributed by atoms with van der Waals surface area (Å²) in [4.78, 5) is 0. The quantitative estimate of drug-likeness (QED) is 0.539. The van der Waals surface area contributed by atoms with Crippen LogP contribution in [-0.2, 0) is 0 Å². The molecule has 1 aliphatic rings. The van der Waals surface area contributed by atoms with Crippen LogP contribution in [0.15, 0.2) is 11.8 Å². The Bertz CT molecular complexity index is 161. The Morgan fingerprint density at radius 1 is 1.50 bits per heavy atom. The molecule has 0 radical (unpaired) electrons. The third-order valence-corrected chi connectivity index (χ3v) is 1.16. The van der Waals surface area contributed by atoms with Crippen molar-refractivity contribution in [3.05, 3.63) is 11.8 Å². The Balaban J connectivity index is 2.67. The molecule has 0 amide bonds. The lowest BCUT2D eigenvalue weighted by atomic mass is 10.3. The SMILES string of the molecule is CC1C=C(C(F)(F)F)NN1. The van der Waals surface area contributed by atoms with Crippen LogP contribution in [0, 0.1) is 0 Å². The van der Waals surface area contributed by atoms with E-state index in [2.05, 4.69) is 5.43 Å². The molecule has 5 heteroatoms. The van der Waals surface area contributed by atoms with Crippen LogP contribution >= 0.6 is 0 Å². The number of alkyl halides is 3. The Morgan fingerprint density at radius 2 is 2.10 bits per heavy atom. The normalized spacial score (nSPS) is 26.0. The summed E-state index contributed by atoms with van der Waals surface area (Å²) in [7, 11) is 0. The van der Waals surface area contributed by atoms with E-state index in [1.54, 1.807) is 6.92 Å². The van der Waals surface area contributed by atoms with E-state index >= 15 is 0 Å². The van der Waals surface area contributed by atoms with E-state index in [0.717, 1.165) is 6.08 Å². The average Bonchev–Trinajstić information content (AvgIpc) is 2.11. The van der Waals surface area contributed by atoms with Crippen molar-refractivity contribution in [1.82, 2.24) is 10.9 Å². The number of rotatable bonds is 0. The first kappa shape index (κ1) is 7.40. The molecule has 0 aromatic rings. The summed E-state index contributed by atoms with van der Waals surface area (Å²) < 4.78 is 35.3. The van der Waals surface area contributed by atoms with Crippen LogP contribution in [0.1, 0.15) is 6.92 Å². The van der Waals surface area contributed by atoms with E-state index in [1.807, 2.05) is 5.43 Å². The second-order valence-corrected chi connectivity index (χ2v) is 2.14. The highest BCUT2D eigenvalue weighted by Gasteiger charge is 2.36. The highest BCUT2D eigenvalue weighted by molar-refractivity contribution is 5.13. The van der Waals surface area contributed by atoms with Gasteiger partial charge >= 0.3 is 6.18 Å². The van der Waals surface area contributed by atoms with Crippen LogP contribution in [0.2, 0.25) is 0 Å². The van der Waals surface area contributed by atoms with E-state index in [4.69, 9.17) is 0 Å². The number of hydrogen-bond donors (Lipinski definition) is 2. The van der Waals surface area contributed by atoms with Crippen LogP contribution in [0.3, 0.4) is 0 Å². The molecule has 1 atom stereocenters. The molecule has 1 heterocycles. The zero-order valence-corrected chi connectivity index (χ0v) is 5.29. The lowest BCUT2D eigenvalue weighted by Crippen LogP contribution is -2.33. The van der Waals surface area contributed by atoms with Gasteiger partial charge in [-0.15, -0.1) is 0 Å². The predicted molar refractivity (Wildman–Crippen MR) is 29.9 cm³/mol. The lowest BCUT2D eigenvalue weighted by molar-refractivity contribution is -0.0965. The molecular formula is C5H7F3N2. The van der Waals surface area contributed by atoms with Gasteiger partial charge in [0.25, 0.3) is 0 Å². The fraction of sp³-hybridized carbons (Fsp3) is 0.600. The van der Waals surface area contributed by atoms with Crippen molar-refractivity contribution in [3.8, 4) is 0 Å². The second kappa shape index (κ2) is 2.16. The summed E-state index contributed by atoms with van der Waals surface area (Å²) in [5.74, 6) is 0. The third kappa shape index (κ3) is 1.41. The zero-order valence-electron chi connectivity index (χ0n) is 5.29. The van der Waals surface area contributed by atoms with Crippen LogP contribution < -0.4 is 10.9 Å². The van der Waals surface area contributed by atoms with Crippen molar-refractivity contribution in [2.75, 3.05) is 0 Å². The van der Waals surface area contributed by atoms with E-state index in [9.17, 15) is 13.2 Å². The maximum Gasteiger partial charge on any atom is 0.431 e. The van der Waals surface area contributed by atoms with Crippen molar-refractivity contribution >= 4 is 0 Å². The monoisotopic (exact) mass is 152 g/mol. The maximum absolute atomic E-state index is 11.8. The highest BCUT2D eigenvalue weighted by atomic mass is 19.4. The smallest absolute Gasteiger partial charge is 0.317 e. The predicted octanol–water partition coefficient (Wildman–Crippen LogP) is 0.929. The molecule has 0 saturated heterocycles. The fourth-order valence-electron chi connectivity index (χ4n) is 0.690. The number of nitrogens with one attached hydrogen (secondary N) is 2. The van der Waals surface area contributed by atoms with Gasteiger partial charge in [-0.05, 0) is 13.0 Å². The summed E-state index contributed by atoms with van der Waals surface area (Å²) in [5.41, 5.74) is 3.74. The highest BCUT2D eigenvalue weighted by Crippen LogP contribution is 2.24. The van der Waals surface area contributed by atoms with Gasteiger partial charge < -0.3 is 5.43 Å². The molecule has 0 fully saturated rings. The molecule has 0 aromatic carbocycles. The minimum absolute atomic E-state index is 0.253. The van der Waals surface area contributed by atoms with E-state index < -0.39 is 11.9 Å². The van der Waals surface area contributed by atoms with Gasteiger partial charge in [0, 0.05) is 6.04 Å². The molecule has 0 spiro atoms. The van der Waals surface area contributed by atoms with Crippen molar-refractivity contribution in [3.63, 3.8) is 0 Å². The number of allylic oxidation sites excluding steroid dienone is 1. The van der Waals surface area contributed by atoms with Crippen LogP contribution in [-0.4, -0.2) is 12.2 Å². The summed E-state index contributed by atoms with van der Waals surface area (Å²) in [6.07, 6.45) is -3.16. The topological polar surface area (TPSA) is 24.1 Å². The number of hydrogen-bond acceptors (Lipinski definition) is 2. The van der Waals surface area contributed by atoms with E-state index in [1.165, 1.54) is 0 Å². The second-order valence-electron chi connectivity index (χ2n) is 2.14. The molecular weight excluding hydrogens is 145 g/mol. The summed E-state index contributed by atoms with van der Waals surface area (Å²) >= 11 is 0. The van der Waals surface area contributed by atoms with Gasteiger partial charge in [-0.1, -0.05) is 0 Å². The van der Waals surface area contributed by atoms with Gasteiger partial charge in [-0.2, -0.15) is 13.2 Å². The van der Waals surface area contributed by atoms with E-state index in [-0.39, 0.29) is 6.04 Å². The van der Waals surface area contributed by atoms with Crippen LogP contribution in [0.5, 0.6) is 0 Å². The first-order valence-corrected chi connectivity index (χ1v) is 2.80. The van der Waals surface area contributed by atoms with Crippen LogP contribution in [0.25, 0.3) is 0 Å². The number of halogens is 3. The minimum Gasteiger partial charge on any atom is -0.317 e. The summed E-state index contributed by atoms with van der Waals surface area (Å²) in [6.45, 7) is 1.63. The van der Waals surface area contributed by atoms with Crippen molar-refractivity contribution in [2.24, 2.45) is 0 Å². The Morgan fingerprint density at radius 3 is 2.30 bits per heavy atom.